The van der Waals surface area contributed by atoms with Gasteiger partial charge in [0.2, 0.25) is 5.95 Å². The highest BCUT2D eigenvalue weighted by Gasteiger charge is 2.13. The maximum atomic E-state index is 11.7. The summed E-state index contributed by atoms with van der Waals surface area (Å²) in [4.78, 5) is 22.6. The summed E-state index contributed by atoms with van der Waals surface area (Å²) < 4.78 is 1.81. The Hall–Kier alpha value is -2.63. The lowest BCUT2D eigenvalue weighted by Gasteiger charge is -2.05. The third-order valence-corrected chi connectivity index (χ3v) is 2.72. The number of nitrogens with zero attached hydrogens (tertiary/aromatic N) is 3. The third kappa shape index (κ3) is 1.46. The van der Waals surface area contributed by atoms with Gasteiger partial charge in [-0.2, -0.15) is 4.98 Å². The van der Waals surface area contributed by atoms with Crippen molar-refractivity contribution >= 4 is 17.1 Å². The van der Waals surface area contributed by atoms with Gasteiger partial charge in [-0.25, -0.2) is 4.98 Å². The number of imidazole rings is 1. The van der Waals surface area contributed by atoms with Crippen LogP contribution in [0.5, 0.6) is 0 Å². The Labute approximate surface area is 102 Å². The number of hydrogen-bond donors (Lipinski definition) is 2. The molecule has 0 saturated carbocycles. The zero-order valence-corrected chi connectivity index (χ0v) is 9.71. The summed E-state index contributed by atoms with van der Waals surface area (Å²) in [6.45, 7) is 1.82. The van der Waals surface area contributed by atoms with E-state index in [1.54, 1.807) is 4.57 Å². The minimum atomic E-state index is -0.324. The van der Waals surface area contributed by atoms with E-state index >= 15 is 0 Å². The van der Waals surface area contributed by atoms with Gasteiger partial charge in [0.1, 0.15) is 5.82 Å². The molecule has 2 aromatic heterocycles. The van der Waals surface area contributed by atoms with Crippen molar-refractivity contribution in [1.29, 1.82) is 0 Å². The lowest BCUT2D eigenvalue weighted by molar-refractivity contribution is 0.986. The molecular formula is C12H11N5O. The Morgan fingerprint density at radius 3 is 2.67 bits per heavy atom. The molecule has 0 atom stereocenters. The Balaban J connectivity index is 2.43. The second-order valence-electron chi connectivity index (χ2n) is 3.95. The molecule has 6 heteroatoms. The van der Waals surface area contributed by atoms with Crippen LogP contribution in [0.2, 0.25) is 0 Å². The number of hydrogen-bond acceptors (Lipinski definition) is 4. The molecule has 0 radical (unpaired) electrons. The average molecular weight is 241 g/mol. The van der Waals surface area contributed by atoms with E-state index in [-0.39, 0.29) is 11.5 Å². The van der Waals surface area contributed by atoms with E-state index in [4.69, 9.17) is 5.73 Å². The fourth-order valence-corrected chi connectivity index (χ4v) is 1.98. The van der Waals surface area contributed by atoms with Crippen molar-refractivity contribution in [3.8, 4) is 5.69 Å². The number of aromatic nitrogens is 4. The van der Waals surface area contributed by atoms with E-state index in [0.717, 1.165) is 5.69 Å². The van der Waals surface area contributed by atoms with Crippen molar-refractivity contribution in [3.05, 3.63) is 46.5 Å². The number of fused-ring (bicyclic) bond motifs is 1. The summed E-state index contributed by atoms with van der Waals surface area (Å²) in [6, 6.07) is 9.60. The van der Waals surface area contributed by atoms with Crippen LogP contribution in [0.15, 0.2) is 35.1 Å². The van der Waals surface area contributed by atoms with E-state index < -0.39 is 0 Å². The van der Waals surface area contributed by atoms with Crippen molar-refractivity contribution in [1.82, 2.24) is 19.5 Å². The van der Waals surface area contributed by atoms with Crippen LogP contribution in [0.4, 0.5) is 5.95 Å². The largest absolute Gasteiger partial charge is 0.369 e. The minimum Gasteiger partial charge on any atom is -0.369 e. The molecule has 0 aliphatic rings. The highest BCUT2D eigenvalue weighted by Crippen LogP contribution is 2.17. The zero-order valence-electron chi connectivity index (χ0n) is 9.71. The summed E-state index contributed by atoms with van der Waals surface area (Å²) in [5.41, 5.74) is 6.92. The van der Waals surface area contributed by atoms with Crippen molar-refractivity contribution in [2.75, 3.05) is 5.73 Å². The van der Waals surface area contributed by atoms with Crippen LogP contribution in [0.3, 0.4) is 0 Å². The molecule has 18 heavy (non-hydrogen) atoms. The van der Waals surface area contributed by atoms with E-state index in [1.165, 1.54) is 0 Å². The molecule has 0 aliphatic carbocycles. The first kappa shape index (κ1) is 10.5. The fraction of sp³-hybridized carbons (Fsp3) is 0.0833. The molecule has 6 nitrogen and oxygen atoms in total. The van der Waals surface area contributed by atoms with Gasteiger partial charge in [-0.1, -0.05) is 18.2 Å². The summed E-state index contributed by atoms with van der Waals surface area (Å²) in [6.07, 6.45) is 0. The molecule has 0 bridgehead atoms. The molecule has 0 unspecified atom stereocenters. The molecule has 0 fully saturated rings. The summed E-state index contributed by atoms with van der Waals surface area (Å²) in [7, 11) is 0. The first-order chi connectivity index (χ1) is 8.66. The van der Waals surface area contributed by atoms with Gasteiger partial charge in [-0.05, 0) is 19.1 Å². The van der Waals surface area contributed by atoms with E-state index in [0.29, 0.717) is 17.0 Å². The molecule has 3 aromatic rings. The molecule has 2 heterocycles. The monoisotopic (exact) mass is 241 g/mol. The third-order valence-electron chi connectivity index (χ3n) is 2.72. The van der Waals surface area contributed by atoms with Crippen molar-refractivity contribution in [2.24, 2.45) is 0 Å². The second-order valence-corrected chi connectivity index (χ2v) is 3.95. The molecule has 0 spiro atoms. The summed E-state index contributed by atoms with van der Waals surface area (Å²) >= 11 is 0. The van der Waals surface area contributed by atoms with Crippen molar-refractivity contribution in [2.45, 2.75) is 6.92 Å². The highest BCUT2D eigenvalue weighted by atomic mass is 16.1. The SMILES string of the molecule is Cc1nc2c(=O)[nH]c(N)nc2n1-c1ccccc1. The predicted molar refractivity (Wildman–Crippen MR) is 68.6 cm³/mol. The van der Waals surface area contributed by atoms with Crippen LogP contribution in [0, 0.1) is 6.92 Å². The van der Waals surface area contributed by atoms with Crippen LogP contribution in [0.1, 0.15) is 5.82 Å². The van der Waals surface area contributed by atoms with Gasteiger partial charge in [0, 0.05) is 5.69 Å². The molecule has 90 valence electrons. The smallest absolute Gasteiger partial charge is 0.280 e. The Bertz CT molecular complexity index is 772. The lowest BCUT2D eigenvalue weighted by Crippen LogP contribution is -2.12. The maximum absolute atomic E-state index is 11.7. The number of aromatic amines is 1. The number of benzene rings is 1. The van der Waals surface area contributed by atoms with Crippen LogP contribution >= 0.6 is 0 Å². The number of nitrogens with one attached hydrogen (secondary N) is 1. The van der Waals surface area contributed by atoms with Gasteiger partial charge >= 0.3 is 0 Å². The quantitative estimate of drug-likeness (QED) is 0.665. The molecule has 0 saturated heterocycles. The maximum Gasteiger partial charge on any atom is 0.280 e. The molecule has 3 N–H and O–H groups in total. The zero-order chi connectivity index (χ0) is 12.7. The van der Waals surface area contributed by atoms with Gasteiger partial charge < -0.3 is 5.73 Å². The van der Waals surface area contributed by atoms with Crippen LogP contribution in [-0.4, -0.2) is 19.5 Å². The molecule has 3 rings (SSSR count). The second kappa shape index (κ2) is 3.69. The van der Waals surface area contributed by atoms with Crippen molar-refractivity contribution < 1.29 is 0 Å². The van der Waals surface area contributed by atoms with Gasteiger partial charge in [-0.15, -0.1) is 0 Å². The number of nitrogen functional groups attached to an aromatic ring is 1. The molecule has 0 aliphatic heterocycles. The predicted octanol–water partition coefficient (Wildman–Crippen LogP) is 0.999. The van der Waals surface area contributed by atoms with Gasteiger partial charge in [0.15, 0.2) is 11.2 Å². The summed E-state index contributed by atoms with van der Waals surface area (Å²) in [5, 5.41) is 0. The number of para-hydroxylation sites is 1. The van der Waals surface area contributed by atoms with Gasteiger partial charge in [-0.3, -0.25) is 14.3 Å². The first-order valence-corrected chi connectivity index (χ1v) is 5.47. The Morgan fingerprint density at radius 2 is 1.94 bits per heavy atom. The van der Waals surface area contributed by atoms with Crippen LogP contribution in [0.25, 0.3) is 16.9 Å². The van der Waals surface area contributed by atoms with E-state index in [9.17, 15) is 4.79 Å². The molecule has 1 aromatic carbocycles. The number of rotatable bonds is 1. The van der Waals surface area contributed by atoms with Crippen molar-refractivity contribution in [3.63, 3.8) is 0 Å². The fourth-order valence-electron chi connectivity index (χ4n) is 1.98. The Kier molecular flexibility index (Phi) is 2.16. The van der Waals surface area contributed by atoms with E-state index in [1.807, 2.05) is 37.3 Å². The topological polar surface area (TPSA) is 89.6 Å². The minimum absolute atomic E-state index is 0.0876. The number of anilines is 1. The van der Waals surface area contributed by atoms with Crippen LogP contribution < -0.4 is 11.3 Å². The normalized spacial score (nSPS) is 10.9. The Morgan fingerprint density at radius 1 is 1.22 bits per heavy atom. The average Bonchev–Trinajstić information content (AvgIpc) is 2.67. The van der Waals surface area contributed by atoms with Gasteiger partial charge in [0.05, 0.1) is 0 Å². The summed E-state index contributed by atoms with van der Waals surface area (Å²) in [5.74, 6) is 0.782. The van der Waals surface area contributed by atoms with E-state index in [2.05, 4.69) is 15.0 Å². The van der Waals surface area contributed by atoms with Crippen LogP contribution in [-0.2, 0) is 0 Å². The standard InChI is InChI=1S/C12H11N5O/c1-7-14-9-10(15-12(13)16-11(9)18)17(7)8-5-3-2-4-6-8/h2-6H,1H3,(H3,13,15,16,18). The first-order valence-electron chi connectivity index (χ1n) is 5.47. The molecular weight excluding hydrogens is 230 g/mol. The lowest BCUT2D eigenvalue weighted by atomic mass is 10.3. The number of nitrogens with two attached hydrogens (primary N) is 1. The highest BCUT2D eigenvalue weighted by molar-refractivity contribution is 5.74. The molecule has 0 amide bonds. The number of H-pyrrole nitrogens is 1. The van der Waals surface area contributed by atoms with Gasteiger partial charge in [0.25, 0.3) is 5.56 Å². The number of aryl methyl sites for hydroxylation is 1.